The number of nitriles is 1. The van der Waals surface area contributed by atoms with Gasteiger partial charge in [0.1, 0.15) is 28.9 Å². The fourth-order valence-corrected chi connectivity index (χ4v) is 5.56. The van der Waals surface area contributed by atoms with E-state index in [1.807, 2.05) is 20.8 Å². The molecule has 1 spiro atoms. The lowest BCUT2D eigenvalue weighted by atomic mass is 9.79. The summed E-state index contributed by atoms with van der Waals surface area (Å²) in [6.07, 6.45) is 1.85. The second-order valence-corrected chi connectivity index (χ2v) is 11.0. The molecule has 0 N–H and O–H groups in total. The topological polar surface area (TPSA) is 89.8 Å². The summed E-state index contributed by atoms with van der Waals surface area (Å²) in [6.45, 7) is 8.86. The van der Waals surface area contributed by atoms with Crippen molar-refractivity contribution >= 4 is 18.3 Å². The molecule has 1 aromatic carbocycles. The number of ether oxygens (including phenoxy) is 1. The van der Waals surface area contributed by atoms with Crippen LogP contribution in [-0.4, -0.2) is 65.6 Å². The van der Waals surface area contributed by atoms with Crippen molar-refractivity contribution in [3.05, 3.63) is 46.9 Å². The van der Waals surface area contributed by atoms with Crippen molar-refractivity contribution in [3.63, 3.8) is 0 Å². The molecule has 4 heterocycles. The van der Waals surface area contributed by atoms with Gasteiger partial charge < -0.3 is 19.4 Å². The zero-order valence-corrected chi connectivity index (χ0v) is 20.9. The van der Waals surface area contributed by atoms with Crippen LogP contribution in [-0.2, 0) is 22.5 Å². The van der Waals surface area contributed by atoms with E-state index in [2.05, 4.69) is 11.0 Å². The van der Waals surface area contributed by atoms with Crippen LogP contribution in [0.5, 0.6) is 0 Å². The summed E-state index contributed by atoms with van der Waals surface area (Å²) in [7, 11) is 0. The molecule has 0 aliphatic carbocycles. The van der Waals surface area contributed by atoms with E-state index >= 15 is 0 Å². The fraction of sp³-hybridized carbons (Fsp3) is 0.481. The number of carbonyl (C=O) groups is 2. The number of hydrogen-bond acceptors (Lipinski definition) is 6. The van der Waals surface area contributed by atoms with Crippen molar-refractivity contribution in [1.29, 1.82) is 5.26 Å². The Morgan fingerprint density at radius 3 is 2.64 bits per heavy atom. The van der Waals surface area contributed by atoms with Crippen molar-refractivity contribution in [3.8, 4) is 17.2 Å². The number of benzene rings is 1. The molecule has 3 aliphatic heterocycles. The first-order valence-electron chi connectivity index (χ1n) is 12.3. The van der Waals surface area contributed by atoms with E-state index in [4.69, 9.17) is 9.72 Å². The summed E-state index contributed by atoms with van der Waals surface area (Å²) in [6, 6.07) is 8.80. The van der Waals surface area contributed by atoms with E-state index in [1.54, 1.807) is 28.0 Å². The van der Waals surface area contributed by atoms with Gasteiger partial charge in [0, 0.05) is 49.3 Å². The predicted molar refractivity (Wildman–Crippen MR) is 132 cm³/mol. The van der Waals surface area contributed by atoms with Crippen LogP contribution in [0.1, 0.15) is 44.0 Å². The number of halogens is 1. The molecule has 0 bridgehead atoms. The van der Waals surface area contributed by atoms with Gasteiger partial charge in [-0.1, -0.05) is 18.2 Å². The van der Waals surface area contributed by atoms with Crippen molar-refractivity contribution in [2.45, 2.75) is 45.8 Å². The number of amides is 2. The quantitative estimate of drug-likeness (QED) is 0.608. The minimum Gasteiger partial charge on any atom is -0.444 e. The van der Waals surface area contributed by atoms with Crippen LogP contribution in [0.25, 0.3) is 11.1 Å². The maximum atomic E-state index is 15.0. The second-order valence-electron chi connectivity index (χ2n) is 11.0. The molecule has 0 saturated carbocycles. The lowest BCUT2D eigenvalue weighted by Crippen LogP contribution is -2.60. The number of carbonyl (C=O) groups excluding carboxylic acids is 2. The first-order chi connectivity index (χ1) is 17.1. The SMILES string of the molecule is CC(C)(C)OC(=O)N1CC2(CCN(c3nc4c(c(-c5ccccc5F)c3C#N)CCN(C=O)C4)C2)C1. The Kier molecular flexibility index (Phi) is 5.86. The summed E-state index contributed by atoms with van der Waals surface area (Å²) in [5, 5.41) is 10.3. The highest BCUT2D eigenvalue weighted by molar-refractivity contribution is 5.81. The highest BCUT2D eigenvalue weighted by Crippen LogP contribution is 2.44. The molecule has 0 radical (unpaired) electrons. The number of fused-ring (bicyclic) bond motifs is 1. The van der Waals surface area contributed by atoms with Gasteiger partial charge in [-0.2, -0.15) is 5.26 Å². The number of aromatic nitrogens is 1. The van der Waals surface area contributed by atoms with Gasteiger partial charge in [0.2, 0.25) is 6.41 Å². The molecule has 5 rings (SSSR count). The molecule has 9 heteroatoms. The van der Waals surface area contributed by atoms with Crippen LogP contribution in [0.2, 0.25) is 0 Å². The Balaban J connectivity index is 1.48. The Morgan fingerprint density at radius 1 is 1.22 bits per heavy atom. The van der Waals surface area contributed by atoms with Gasteiger partial charge in [-0.05, 0) is 45.2 Å². The second kappa shape index (κ2) is 8.77. The average Bonchev–Trinajstić information content (AvgIpc) is 3.27. The van der Waals surface area contributed by atoms with E-state index < -0.39 is 11.4 Å². The first kappa shape index (κ1) is 24.0. The summed E-state index contributed by atoms with van der Waals surface area (Å²) in [5.74, 6) is 0.130. The van der Waals surface area contributed by atoms with Gasteiger partial charge in [0.25, 0.3) is 0 Å². The molecule has 36 heavy (non-hydrogen) atoms. The number of pyridine rings is 1. The highest BCUT2D eigenvalue weighted by Gasteiger charge is 2.51. The molecule has 2 aromatic rings. The third kappa shape index (κ3) is 4.25. The van der Waals surface area contributed by atoms with Crippen LogP contribution in [0.3, 0.4) is 0 Å². The minimum atomic E-state index is -0.547. The summed E-state index contributed by atoms with van der Waals surface area (Å²) in [5.41, 5.74) is 2.20. The molecule has 1 aromatic heterocycles. The first-order valence-corrected chi connectivity index (χ1v) is 12.3. The predicted octanol–water partition coefficient (Wildman–Crippen LogP) is 3.72. The molecule has 2 amide bonds. The molecule has 0 unspecified atom stereocenters. The van der Waals surface area contributed by atoms with Gasteiger partial charge in [-0.15, -0.1) is 0 Å². The maximum Gasteiger partial charge on any atom is 0.410 e. The molecular formula is C27H30FN5O3. The lowest BCUT2D eigenvalue weighted by Gasteiger charge is -2.47. The van der Waals surface area contributed by atoms with Gasteiger partial charge >= 0.3 is 6.09 Å². The van der Waals surface area contributed by atoms with E-state index in [0.29, 0.717) is 73.9 Å². The van der Waals surface area contributed by atoms with Crippen LogP contribution >= 0.6 is 0 Å². The molecule has 3 aliphatic rings. The van der Waals surface area contributed by atoms with Crippen LogP contribution in [0.15, 0.2) is 24.3 Å². The van der Waals surface area contributed by atoms with E-state index in [-0.39, 0.29) is 11.5 Å². The monoisotopic (exact) mass is 491 g/mol. The Labute approximate surface area is 210 Å². The zero-order valence-electron chi connectivity index (χ0n) is 20.9. The van der Waals surface area contributed by atoms with Crippen molar-refractivity contribution < 1.29 is 18.7 Å². The standard InChI is InChI=1S/C27H30FN5O3/c1-26(2,3)36-25(35)33-15-27(16-33)9-11-32(14-27)24-20(12-29)23(18-6-4-5-7-21(18)28)19-8-10-31(17-34)13-22(19)30-24/h4-7,17H,8-11,13-16H2,1-3H3. The average molecular weight is 492 g/mol. The molecule has 2 saturated heterocycles. The normalized spacial score (nSPS) is 18.5. The third-order valence-electron chi connectivity index (χ3n) is 7.21. The van der Waals surface area contributed by atoms with Gasteiger partial charge in [-0.25, -0.2) is 14.2 Å². The van der Waals surface area contributed by atoms with Crippen LogP contribution in [0.4, 0.5) is 15.0 Å². The lowest BCUT2D eigenvalue weighted by molar-refractivity contribution is -0.119. The Morgan fingerprint density at radius 2 is 1.97 bits per heavy atom. The molecule has 0 atom stereocenters. The summed E-state index contributed by atoms with van der Waals surface area (Å²) in [4.78, 5) is 34.3. The zero-order chi connectivity index (χ0) is 25.7. The van der Waals surface area contributed by atoms with Crippen LogP contribution < -0.4 is 4.90 Å². The number of rotatable bonds is 3. The molecular weight excluding hydrogens is 461 g/mol. The largest absolute Gasteiger partial charge is 0.444 e. The highest BCUT2D eigenvalue weighted by atomic mass is 19.1. The molecule has 8 nitrogen and oxygen atoms in total. The Hall–Kier alpha value is -3.67. The van der Waals surface area contributed by atoms with E-state index in [9.17, 15) is 19.2 Å². The van der Waals surface area contributed by atoms with Gasteiger partial charge in [0.05, 0.1) is 12.2 Å². The fourth-order valence-electron chi connectivity index (χ4n) is 5.56. The number of nitrogens with zero attached hydrogens (tertiary/aromatic N) is 5. The van der Waals surface area contributed by atoms with E-state index in [0.717, 1.165) is 18.4 Å². The number of hydrogen-bond donors (Lipinski definition) is 0. The smallest absolute Gasteiger partial charge is 0.410 e. The van der Waals surface area contributed by atoms with Crippen molar-refractivity contribution in [1.82, 2.24) is 14.8 Å². The summed E-state index contributed by atoms with van der Waals surface area (Å²) < 4.78 is 20.5. The van der Waals surface area contributed by atoms with E-state index in [1.165, 1.54) is 6.07 Å². The van der Waals surface area contributed by atoms with Gasteiger partial charge in [0.15, 0.2) is 0 Å². The number of likely N-dealkylation sites (tertiary alicyclic amines) is 1. The third-order valence-corrected chi connectivity index (χ3v) is 7.21. The van der Waals surface area contributed by atoms with Crippen molar-refractivity contribution in [2.24, 2.45) is 5.41 Å². The Bertz CT molecular complexity index is 1260. The minimum absolute atomic E-state index is 0.0891. The summed E-state index contributed by atoms with van der Waals surface area (Å²) >= 11 is 0. The van der Waals surface area contributed by atoms with Gasteiger partial charge in [-0.3, -0.25) is 4.79 Å². The number of anilines is 1. The van der Waals surface area contributed by atoms with Crippen molar-refractivity contribution in [2.75, 3.05) is 37.6 Å². The van der Waals surface area contributed by atoms with Crippen LogP contribution in [0, 0.1) is 22.6 Å². The molecule has 188 valence electrons. The molecule has 2 fully saturated rings. The maximum absolute atomic E-state index is 15.0.